The second-order valence-corrected chi connectivity index (χ2v) is 9.47. The molecule has 4 nitrogen and oxygen atoms in total. The van der Waals surface area contributed by atoms with Crippen molar-refractivity contribution in [1.82, 2.24) is 4.90 Å². The normalized spacial score (nSPS) is 20.4. The quantitative estimate of drug-likeness (QED) is 0.493. The Labute approximate surface area is 182 Å². The molecule has 2 heterocycles. The molecule has 2 aromatic carbocycles. The Morgan fingerprint density at radius 1 is 1.11 bits per heavy atom. The van der Waals surface area contributed by atoms with E-state index in [4.69, 9.17) is 4.99 Å². The van der Waals surface area contributed by atoms with Gasteiger partial charge in [-0.2, -0.15) is 0 Å². The van der Waals surface area contributed by atoms with E-state index in [1.54, 1.807) is 11.8 Å². The van der Waals surface area contributed by atoms with E-state index in [1.807, 2.05) is 48.3 Å². The van der Waals surface area contributed by atoms with Gasteiger partial charge in [-0.25, -0.2) is 4.99 Å². The number of nitrogens with zero attached hydrogens (tertiary/aromatic N) is 3. The summed E-state index contributed by atoms with van der Waals surface area (Å²) in [4.78, 5) is 23.9. The predicted molar refractivity (Wildman–Crippen MR) is 123 cm³/mol. The number of fused-ring (bicyclic) bond motifs is 1. The van der Waals surface area contributed by atoms with Gasteiger partial charge in [-0.15, -0.1) is 0 Å². The molecule has 0 N–H and O–H groups in total. The molecule has 0 bridgehead atoms. The van der Waals surface area contributed by atoms with Crippen LogP contribution in [-0.2, 0) is 4.79 Å². The summed E-state index contributed by atoms with van der Waals surface area (Å²) >= 11 is 6.63. The molecule has 1 amide bonds. The van der Waals surface area contributed by atoms with Crippen LogP contribution in [0.3, 0.4) is 0 Å². The average Bonchev–Trinajstić information content (AvgIpc) is 3.17. The van der Waals surface area contributed by atoms with Crippen LogP contribution in [0.4, 0.5) is 11.4 Å². The van der Waals surface area contributed by atoms with E-state index < -0.39 is 0 Å². The Bertz CT molecular complexity index is 989. The van der Waals surface area contributed by atoms with Crippen LogP contribution in [0.5, 0.6) is 0 Å². The molecule has 144 valence electrons. The van der Waals surface area contributed by atoms with Crippen molar-refractivity contribution in [2.24, 2.45) is 4.99 Å². The predicted octanol–water partition coefficient (Wildman–Crippen LogP) is 6.22. The van der Waals surface area contributed by atoms with Crippen molar-refractivity contribution in [2.45, 2.75) is 24.7 Å². The number of carbonyl (C=O) groups excluding carboxylic acids is 1. The van der Waals surface area contributed by atoms with Crippen LogP contribution < -0.4 is 4.90 Å². The molecule has 0 aromatic heterocycles. The molecule has 28 heavy (non-hydrogen) atoms. The van der Waals surface area contributed by atoms with Gasteiger partial charge in [-0.1, -0.05) is 59.2 Å². The molecule has 0 unspecified atom stereocenters. The Kier molecular flexibility index (Phi) is 5.85. The van der Waals surface area contributed by atoms with Crippen LogP contribution in [0.25, 0.3) is 0 Å². The van der Waals surface area contributed by atoms with Crippen LogP contribution in [0.2, 0.25) is 0 Å². The fourth-order valence-electron chi connectivity index (χ4n) is 3.09. The van der Waals surface area contributed by atoms with Gasteiger partial charge in [0.05, 0.1) is 16.4 Å². The summed E-state index contributed by atoms with van der Waals surface area (Å²) in [7, 11) is 2.02. The minimum absolute atomic E-state index is 0.0503. The lowest BCUT2D eigenvalue weighted by Gasteiger charge is -2.16. The van der Waals surface area contributed by atoms with E-state index in [2.05, 4.69) is 39.9 Å². The monoisotopic (exact) mass is 473 g/mol. The second kappa shape index (κ2) is 8.35. The first-order valence-corrected chi connectivity index (χ1v) is 11.6. The van der Waals surface area contributed by atoms with Crippen LogP contribution in [0, 0.1) is 0 Å². The van der Waals surface area contributed by atoms with Gasteiger partial charge in [0.25, 0.3) is 5.91 Å². The average molecular weight is 474 g/mol. The van der Waals surface area contributed by atoms with Crippen LogP contribution in [-0.4, -0.2) is 29.6 Å². The summed E-state index contributed by atoms with van der Waals surface area (Å²) in [5, 5.41) is 1.74. The molecule has 2 aromatic rings. The lowest BCUT2D eigenvalue weighted by Crippen LogP contribution is -2.30. The molecule has 2 aliphatic heterocycles. The van der Waals surface area contributed by atoms with Gasteiger partial charge in [0.15, 0.2) is 5.17 Å². The summed E-state index contributed by atoms with van der Waals surface area (Å²) in [6, 6.07) is 16.1. The van der Waals surface area contributed by atoms with Crippen molar-refractivity contribution >= 4 is 61.9 Å². The topological polar surface area (TPSA) is 35.9 Å². The van der Waals surface area contributed by atoms with Gasteiger partial charge < -0.3 is 4.90 Å². The first-order chi connectivity index (χ1) is 13.6. The van der Waals surface area contributed by atoms with E-state index in [1.165, 1.54) is 16.7 Å². The number of halogens is 1. The summed E-state index contributed by atoms with van der Waals surface area (Å²) in [6.45, 7) is 2.82. The number of para-hydroxylation sites is 1. The SMILES string of the molecule is CCCCN1C(=O)/C(=C2/Sc3ccccc3N2C)SC1=Nc1cccc(Br)c1. The number of aliphatic imine (C=N–C) groups is 1. The molecule has 0 radical (unpaired) electrons. The first kappa shape index (κ1) is 19.6. The second-order valence-electron chi connectivity index (χ2n) is 6.55. The van der Waals surface area contributed by atoms with Gasteiger partial charge >= 0.3 is 0 Å². The summed E-state index contributed by atoms with van der Waals surface area (Å²) in [5.74, 6) is 0.0503. The summed E-state index contributed by atoms with van der Waals surface area (Å²) < 4.78 is 0.976. The molecule has 0 atom stereocenters. The van der Waals surface area contributed by atoms with Crippen LogP contribution in [0.1, 0.15) is 19.8 Å². The fourth-order valence-corrected chi connectivity index (χ4v) is 5.85. The van der Waals surface area contributed by atoms with Gasteiger partial charge in [0.1, 0.15) is 4.91 Å². The fraction of sp³-hybridized carbons (Fsp3) is 0.238. The number of anilines is 1. The van der Waals surface area contributed by atoms with Gasteiger partial charge in [0, 0.05) is 23.0 Å². The van der Waals surface area contributed by atoms with Gasteiger partial charge in [-0.05, 0) is 48.5 Å². The Morgan fingerprint density at radius 2 is 1.93 bits per heavy atom. The lowest BCUT2D eigenvalue weighted by atomic mass is 10.3. The number of benzene rings is 2. The number of thioether (sulfide) groups is 2. The molecule has 2 aliphatic rings. The van der Waals surface area contributed by atoms with Crippen LogP contribution >= 0.6 is 39.5 Å². The van der Waals surface area contributed by atoms with Crippen molar-refractivity contribution in [3.63, 3.8) is 0 Å². The molecular weight excluding hydrogens is 454 g/mol. The number of unbranched alkanes of at least 4 members (excludes halogenated alkanes) is 1. The molecule has 1 fully saturated rings. The Hall–Kier alpha value is -1.70. The van der Waals surface area contributed by atoms with E-state index in [0.29, 0.717) is 6.54 Å². The highest BCUT2D eigenvalue weighted by Gasteiger charge is 2.38. The number of amides is 1. The number of carbonyl (C=O) groups is 1. The number of rotatable bonds is 4. The number of hydrogen-bond acceptors (Lipinski definition) is 5. The molecule has 1 saturated heterocycles. The molecule has 0 spiro atoms. The highest BCUT2D eigenvalue weighted by Crippen LogP contribution is 2.50. The summed E-state index contributed by atoms with van der Waals surface area (Å²) in [6.07, 6.45) is 1.99. The third kappa shape index (κ3) is 3.75. The van der Waals surface area contributed by atoms with Crippen LogP contribution in [0.15, 0.2) is 72.8 Å². The molecular formula is C21H20BrN3OS2. The first-order valence-electron chi connectivity index (χ1n) is 9.17. The zero-order chi connectivity index (χ0) is 19.7. The van der Waals surface area contributed by atoms with Gasteiger partial charge in [-0.3, -0.25) is 9.69 Å². The molecule has 0 aliphatic carbocycles. The van der Waals surface area contributed by atoms with Crippen molar-refractivity contribution in [3.05, 3.63) is 62.9 Å². The number of hydrogen-bond donors (Lipinski definition) is 0. The Balaban J connectivity index is 1.72. The molecule has 0 saturated carbocycles. The van der Waals surface area contributed by atoms with Crippen molar-refractivity contribution in [3.8, 4) is 0 Å². The van der Waals surface area contributed by atoms with Gasteiger partial charge in [0.2, 0.25) is 0 Å². The minimum Gasteiger partial charge on any atom is -0.337 e. The third-order valence-electron chi connectivity index (χ3n) is 4.56. The van der Waals surface area contributed by atoms with E-state index in [-0.39, 0.29) is 5.91 Å². The van der Waals surface area contributed by atoms with E-state index in [9.17, 15) is 4.79 Å². The van der Waals surface area contributed by atoms with Crippen molar-refractivity contribution < 1.29 is 4.79 Å². The summed E-state index contributed by atoms with van der Waals surface area (Å²) in [5.41, 5.74) is 1.98. The maximum atomic E-state index is 13.3. The van der Waals surface area contributed by atoms with Crippen molar-refractivity contribution in [1.29, 1.82) is 0 Å². The lowest BCUT2D eigenvalue weighted by molar-refractivity contribution is -0.122. The number of amidine groups is 1. The highest BCUT2D eigenvalue weighted by molar-refractivity contribution is 9.10. The molecule has 4 rings (SSSR count). The largest absolute Gasteiger partial charge is 0.337 e. The third-order valence-corrected chi connectivity index (χ3v) is 7.49. The zero-order valence-electron chi connectivity index (χ0n) is 15.7. The maximum Gasteiger partial charge on any atom is 0.269 e. The van der Waals surface area contributed by atoms with Crippen molar-refractivity contribution in [2.75, 3.05) is 18.5 Å². The minimum atomic E-state index is 0.0503. The molecule has 7 heteroatoms. The van der Waals surface area contributed by atoms with E-state index >= 15 is 0 Å². The van der Waals surface area contributed by atoms with E-state index in [0.717, 1.165) is 43.8 Å². The standard InChI is InChI=1S/C21H20BrN3OS2/c1-3-4-12-25-19(26)18(20-24(2)16-10-5-6-11-17(16)27-20)28-21(25)23-15-9-7-8-14(22)13-15/h5-11,13H,3-4,12H2,1-2H3/b20-18-,23-21?. The maximum absolute atomic E-state index is 13.3. The Morgan fingerprint density at radius 3 is 2.68 bits per heavy atom. The smallest absolute Gasteiger partial charge is 0.269 e. The highest BCUT2D eigenvalue weighted by atomic mass is 79.9. The zero-order valence-corrected chi connectivity index (χ0v) is 18.9.